The van der Waals surface area contributed by atoms with Crippen LogP contribution in [0.4, 0.5) is 10.1 Å². The molecule has 8 heteroatoms. The summed E-state index contributed by atoms with van der Waals surface area (Å²) in [6.07, 6.45) is 2.22. The average Bonchev–Trinajstić information content (AvgIpc) is 2.84. The van der Waals surface area contributed by atoms with E-state index in [1.165, 1.54) is 24.5 Å². The van der Waals surface area contributed by atoms with Gasteiger partial charge in [-0.1, -0.05) is 0 Å². The van der Waals surface area contributed by atoms with Gasteiger partial charge in [0, 0.05) is 37.2 Å². The lowest BCUT2D eigenvalue weighted by molar-refractivity contribution is -0.134. The summed E-state index contributed by atoms with van der Waals surface area (Å²) in [5.74, 6) is -1.66. The van der Waals surface area contributed by atoms with Gasteiger partial charge in [0.1, 0.15) is 5.82 Å². The summed E-state index contributed by atoms with van der Waals surface area (Å²) >= 11 is 0. The third-order valence-corrected chi connectivity index (χ3v) is 4.95. The Balaban J connectivity index is 1.61. The van der Waals surface area contributed by atoms with E-state index in [2.05, 4.69) is 15.3 Å². The number of halogens is 1. The van der Waals surface area contributed by atoms with Crippen LogP contribution in [0.5, 0.6) is 0 Å². The molecule has 3 heterocycles. The van der Waals surface area contributed by atoms with E-state index in [1.807, 2.05) is 0 Å². The summed E-state index contributed by atoms with van der Waals surface area (Å²) in [5, 5.41) is 2.68. The molecule has 0 saturated carbocycles. The van der Waals surface area contributed by atoms with Crippen LogP contribution in [-0.4, -0.2) is 39.8 Å². The van der Waals surface area contributed by atoms with E-state index >= 15 is 0 Å². The molecule has 2 aliphatic rings. The first-order chi connectivity index (χ1) is 12.5. The van der Waals surface area contributed by atoms with Crippen molar-refractivity contribution in [1.82, 2.24) is 14.9 Å². The summed E-state index contributed by atoms with van der Waals surface area (Å²) < 4.78 is 13.7. The number of rotatable bonds is 1. The minimum absolute atomic E-state index is 0.0163. The molecule has 0 bridgehead atoms. The smallest absolute Gasteiger partial charge is 0.254 e. The second-order valence-corrected chi connectivity index (χ2v) is 6.52. The SMILES string of the molecule is O=C1CC(C(=O)N2CCc3nc[nH]c(=O)c3CC2)c2cc(F)ccc2N1. The second-order valence-electron chi connectivity index (χ2n) is 6.52. The van der Waals surface area contributed by atoms with Crippen LogP contribution in [0.25, 0.3) is 0 Å². The fraction of sp³-hybridized carbons (Fsp3) is 0.333. The van der Waals surface area contributed by atoms with E-state index in [0.29, 0.717) is 48.4 Å². The lowest BCUT2D eigenvalue weighted by Gasteiger charge is -2.30. The molecule has 2 N–H and O–H groups in total. The van der Waals surface area contributed by atoms with Gasteiger partial charge in [-0.15, -0.1) is 0 Å². The molecule has 2 aliphatic heterocycles. The Bertz CT molecular complexity index is 956. The van der Waals surface area contributed by atoms with Gasteiger partial charge in [0.15, 0.2) is 0 Å². The summed E-state index contributed by atoms with van der Waals surface area (Å²) in [6, 6.07) is 4.03. The number of hydrogen-bond acceptors (Lipinski definition) is 4. The number of fused-ring (bicyclic) bond motifs is 2. The number of aromatic nitrogens is 2. The highest BCUT2D eigenvalue weighted by Crippen LogP contribution is 2.34. The largest absolute Gasteiger partial charge is 0.341 e. The van der Waals surface area contributed by atoms with Gasteiger partial charge in [-0.2, -0.15) is 0 Å². The number of carbonyl (C=O) groups is 2. The minimum Gasteiger partial charge on any atom is -0.341 e. The van der Waals surface area contributed by atoms with Crippen LogP contribution in [0.2, 0.25) is 0 Å². The number of nitrogens with one attached hydrogen (secondary N) is 2. The van der Waals surface area contributed by atoms with Gasteiger partial charge >= 0.3 is 0 Å². The van der Waals surface area contributed by atoms with Crippen molar-refractivity contribution in [2.24, 2.45) is 0 Å². The third kappa shape index (κ3) is 2.87. The quantitative estimate of drug-likeness (QED) is 0.796. The van der Waals surface area contributed by atoms with Gasteiger partial charge in [0.2, 0.25) is 11.8 Å². The van der Waals surface area contributed by atoms with Gasteiger partial charge in [0.05, 0.1) is 17.9 Å². The van der Waals surface area contributed by atoms with Crippen LogP contribution in [0.15, 0.2) is 29.3 Å². The standard InChI is InChI=1S/C18H17FN4O3/c19-10-1-2-15-12(7-10)13(8-16(24)22-15)18(26)23-5-3-11-14(4-6-23)20-9-21-17(11)25/h1-2,7,9,13H,3-6,8H2,(H,22,24)(H,20,21,25). The first-order valence-electron chi connectivity index (χ1n) is 8.46. The summed E-state index contributed by atoms with van der Waals surface area (Å²) in [4.78, 5) is 45.4. The van der Waals surface area contributed by atoms with Gasteiger partial charge < -0.3 is 15.2 Å². The molecule has 26 heavy (non-hydrogen) atoms. The highest BCUT2D eigenvalue weighted by atomic mass is 19.1. The Labute approximate surface area is 148 Å². The maximum absolute atomic E-state index is 13.7. The molecule has 0 fully saturated rings. The van der Waals surface area contributed by atoms with Crippen LogP contribution in [0.1, 0.15) is 29.2 Å². The van der Waals surface area contributed by atoms with Crippen molar-refractivity contribution in [3.63, 3.8) is 0 Å². The maximum atomic E-state index is 13.7. The van der Waals surface area contributed by atoms with E-state index < -0.39 is 11.7 Å². The number of carbonyl (C=O) groups excluding carboxylic acids is 2. The van der Waals surface area contributed by atoms with Crippen LogP contribution in [-0.2, 0) is 22.4 Å². The molecule has 134 valence electrons. The summed E-state index contributed by atoms with van der Waals surface area (Å²) in [7, 11) is 0. The number of nitrogens with zero attached hydrogens (tertiary/aromatic N) is 2. The van der Waals surface area contributed by atoms with Crippen LogP contribution in [0.3, 0.4) is 0 Å². The molecule has 1 aromatic carbocycles. The normalized spacial score (nSPS) is 19.2. The number of anilines is 1. The van der Waals surface area contributed by atoms with Crippen LogP contribution in [0, 0.1) is 5.82 Å². The second kappa shape index (κ2) is 6.36. The van der Waals surface area contributed by atoms with Gasteiger partial charge in [-0.25, -0.2) is 9.37 Å². The molecule has 1 atom stereocenters. The molecule has 7 nitrogen and oxygen atoms in total. The van der Waals surface area contributed by atoms with Crippen molar-refractivity contribution in [1.29, 1.82) is 0 Å². The van der Waals surface area contributed by atoms with Gasteiger partial charge in [0.25, 0.3) is 5.56 Å². The number of H-pyrrole nitrogens is 1. The average molecular weight is 356 g/mol. The van der Waals surface area contributed by atoms with Gasteiger partial charge in [-0.3, -0.25) is 14.4 Å². The number of aromatic amines is 1. The number of amides is 2. The monoisotopic (exact) mass is 356 g/mol. The third-order valence-electron chi connectivity index (χ3n) is 4.95. The minimum atomic E-state index is -0.720. The topological polar surface area (TPSA) is 95.2 Å². The van der Waals surface area contributed by atoms with Crippen molar-refractivity contribution < 1.29 is 14.0 Å². The fourth-order valence-corrected chi connectivity index (χ4v) is 3.63. The van der Waals surface area contributed by atoms with E-state index in [-0.39, 0.29) is 23.8 Å². The number of hydrogen-bond donors (Lipinski definition) is 2. The Morgan fingerprint density at radius 2 is 2.04 bits per heavy atom. The molecule has 0 saturated heterocycles. The predicted octanol–water partition coefficient (Wildman–Crippen LogP) is 0.962. The lowest BCUT2D eigenvalue weighted by atomic mass is 9.89. The first-order valence-corrected chi connectivity index (χ1v) is 8.46. The molecular formula is C18H17FN4O3. The van der Waals surface area contributed by atoms with Gasteiger partial charge in [-0.05, 0) is 30.2 Å². The molecule has 1 aromatic heterocycles. The zero-order valence-corrected chi connectivity index (χ0v) is 13.9. The zero-order chi connectivity index (χ0) is 18.3. The van der Waals surface area contributed by atoms with E-state index in [4.69, 9.17) is 0 Å². The van der Waals surface area contributed by atoms with Crippen molar-refractivity contribution in [2.45, 2.75) is 25.2 Å². The highest BCUT2D eigenvalue weighted by molar-refractivity contribution is 6.01. The molecule has 0 aliphatic carbocycles. The highest BCUT2D eigenvalue weighted by Gasteiger charge is 2.34. The van der Waals surface area contributed by atoms with E-state index in [9.17, 15) is 18.8 Å². The fourth-order valence-electron chi connectivity index (χ4n) is 3.63. The summed E-state index contributed by atoms with van der Waals surface area (Å²) in [6.45, 7) is 0.772. The Morgan fingerprint density at radius 1 is 1.23 bits per heavy atom. The molecule has 2 amide bonds. The zero-order valence-electron chi connectivity index (χ0n) is 13.9. The van der Waals surface area contributed by atoms with Crippen molar-refractivity contribution in [3.8, 4) is 0 Å². The van der Waals surface area contributed by atoms with Crippen LogP contribution < -0.4 is 10.9 Å². The molecular weight excluding hydrogens is 339 g/mol. The van der Waals surface area contributed by atoms with Crippen molar-refractivity contribution >= 4 is 17.5 Å². The maximum Gasteiger partial charge on any atom is 0.254 e. The number of benzene rings is 1. The van der Waals surface area contributed by atoms with E-state index in [1.54, 1.807) is 4.90 Å². The molecule has 0 spiro atoms. The van der Waals surface area contributed by atoms with Crippen molar-refractivity contribution in [3.05, 3.63) is 57.5 Å². The summed E-state index contributed by atoms with van der Waals surface area (Å²) in [5.41, 5.74) is 2.06. The molecule has 1 unspecified atom stereocenters. The molecule has 2 aromatic rings. The lowest BCUT2D eigenvalue weighted by Crippen LogP contribution is -2.40. The Hall–Kier alpha value is -3.03. The first kappa shape index (κ1) is 16.4. The Kier molecular flexibility index (Phi) is 4.02. The predicted molar refractivity (Wildman–Crippen MR) is 91.2 cm³/mol. The van der Waals surface area contributed by atoms with Crippen molar-refractivity contribution in [2.75, 3.05) is 18.4 Å². The van der Waals surface area contributed by atoms with E-state index in [0.717, 1.165) is 0 Å². The Morgan fingerprint density at radius 3 is 2.88 bits per heavy atom. The molecule has 4 rings (SSSR count). The van der Waals surface area contributed by atoms with Crippen LogP contribution >= 0.6 is 0 Å². The molecule has 0 radical (unpaired) electrons.